The average molecular weight is 469 g/mol. The number of fused-ring (bicyclic) bond motifs is 1. The van der Waals surface area contributed by atoms with Gasteiger partial charge in [0.05, 0.1) is 23.0 Å². The number of halogens is 2. The van der Waals surface area contributed by atoms with Crippen molar-refractivity contribution in [2.75, 3.05) is 18.0 Å². The van der Waals surface area contributed by atoms with Crippen LogP contribution in [0.15, 0.2) is 42.6 Å². The van der Waals surface area contributed by atoms with Crippen molar-refractivity contribution in [3.63, 3.8) is 0 Å². The topological polar surface area (TPSA) is 108 Å². The van der Waals surface area contributed by atoms with Crippen LogP contribution in [0.2, 0.25) is 0 Å². The maximum atomic E-state index is 15.8. The molecule has 0 atom stereocenters. The van der Waals surface area contributed by atoms with Gasteiger partial charge in [-0.3, -0.25) is 4.68 Å². The van der Waals surface area contributed by atoms with E-state index < -0.39 is 11.6 Å². The molecule has 2 N–H and O–H groups in total. The maximum absolute atomic E-state index is 15.8. The van der Waals surface area contributed by atoms with Gasteiger partial charge < -0.3 is 10.6 Å². The molecule has 0 unspecified atom stereocenters. The Kier molecular flexibility index (Phi) is 5.64. The predicted octanol–water partition coefficient (Wildman–Crippen LogP) is 4.25. The lowest BCUT2D eigenvalue weighted by molar-refractivity contribution is 0.490. The molecule has 174 valence electrons. The Bertz CT molecular complexity index is 1540. The van der Waals surface area contributed by atoms with Crippen LogP contribution in [-0.2, 0) is 7.05 Å². The number of rotatable bonds is 3. The quantitative estimate of drug-likeness (QED) is 0.481. The summed E-state index contributed by atoms with van der Waals surface area (Å²) < 4.78 is 32.2. The van der Waals surface area contributed by atoms with E-state index >= 15 is 4.39 Å². The Morgan fingerprint density at radius 1 is 1.03 bits per heavy atom. The van der Waals surface area contributed by atoms with Gasteiger partial charge >= 0.3 is 0 Å². The SMILES string of the molecule is Cn1ncc2cc(-c3c(-c4ccc(C#N)c(F)c4)nc(N4CCC(N)CC4)c(F)c3C#N)ccc21. The van der Waals surface area contributed by atoms with E-state index in [0.29, 0.717) is 37.1 Å². The van der Waals surface area contributed by atoms with Crippen molar-refractivity contribution in [1.82, 2.24) is 14.8 Å². The molecule has 0 radical (unpaired) electrons. The first kappa shape index (κ1) is 22.5. The molecule has 2 aromatic heterocycles. The molecule has 1 fully saturated rings. The molecule has 0 aliphatic carbocycles. The van der Waals surface area contributed by atoms with Crippen LogP contribution in [0.25, 0.3) is 33.3 Å². The normalized spacial score (nSPS) is 14.2. The van der Waals surface area contributed by atoms with Gasteiger partial charge in [-0.1, -0.05) is 12.1 Å². The molecule has 7 nitrogen and oxygen atoms in total. The summed E-state index contributed by atoms with van der Waals surface area (Å²) in [5.74, 6) is -1.39. The molecule has 4 aromatic rings. The largest absolute Gasteiger partial charge is 0.354 e. The maximum Gasteiger partial charge on any atom is 0.184 e. The third kappa shape index (κ3) is 3.86. The molecule has 2 aromatic carbocycles. The summed E-state index contributed by atoms with van der Waals surface area (Å²) in [6.45, 7) is 0.996. The van der Waals surface area contributed by atoms with E-state index in [1.807, 2.05) is 25.2 Å². The number of hydrogen-bond donors (Lipinski definition) is 1. The van der Waals surface area contributed by atoms with Crippen LogP contribution in [0.5, 0.6) is 0 Å². The number of aryl methyl sites for hydroxylation is 1. The zero-order valence-corrected chi connectivity index (χ0v) is 19.0. The Balaban J connectivity index is 1.78. The molecule has 0 spiro atoms. The highest BCUT2D eigenvalue weighted by Gasteiger charge is 2.28. The first-order valence-electron chi connectivity index (χ1n) is 11.2. The lowest BCUT2D eigenvalue weighted by atomic mass is 9.93. The van der Waals surface area contributed by atoms with Crippen molar-refractivity contribution in [3.05, 3.63) is 65.4 Å². The summed E-state index contributed by atoms with van der Waals surface area (Å²) >= 11 is 0. The van der Waals surface area contributed by atoms with Crippen molar-refractivity contribution >= 4 is 16.7 Å². The van der Waals surface area contributed by atoms with Gasteiger partial charge in [0.25, 0.3) is 0 Å². The van der Waals surface area contributed by atoms with Crippen molar-refractivity contribution in [2.24, 2.45) is 12.8 Å². The number of hydrogen-bond acceptors (Lipinski definition) is 6. The van der Waals surface area contributed by atoms with Gasteiger partial charge in [0.2, 0.25) is 0 Å². The Morgan fingerprint density at radius 3 is 2.46 bits per heavy atom. The van der Waals surface area contributed by atoms with Crippen molar-refractivity contribution in [2.45, 2.75) is 18.9 Å². The molecular formula is C26H21F2N7. The third-order valence-corrected chi connectivity index (χ3v) is 6.47. The molecule has 1 aliphatic rings. The second kappa shape index (κ2) is 8.79. The highest BCUT2D eigenvalue weighted by Crippen LogP contribution is 2.39. The molecule has 1 aliphatic heterocycles. The number of pyridine rings is 1. The highest BCUT2D eigenvalue weighted by atomic mass is 19.1. The van der Waals surface area contributed by atoms with Crippen molar-refractivity contribution in [1.29, 1.82) is 10.5 Å². The fourth-order valence-corrected chi connectivity index (χ4v) is 4.54. The van der Waals surface area contributed by atoms with Crippen LogP contribution >= 0.6 is 0 Å². The third-order valence-electron chi connectivity index (χ3n) is 6.47. The number of nitriles is 2. The summed E-state index contributed by atoms with van der Waals surface area (Å²) in [7, 11) is 1.81. The summed E-state index contributed by atoms with van der Waals surface area (Å²) in [5, 5.41) is 24.3. The second-order valence-corrected chi connectivity index (χ2v) is 8.63. The van der Waals surface area contributed by atoms with E-state index in [-0.39, 0.29) is 34.2 Å². The molecule has 0 saturated carbocycles. The number of benzene rings is 2. The predicted molar refractivity (Wildman–Crippen MR) is 128 cm³/mol. The number of nitrogens with two attached hydrogens (primary N) is 1. The molecule has 1 saturated heterocycles. The van der Waals surface area contributed by atoms with Crippen molar-refractivity contribution in [3.8, 4) is 34.5 Å². The van der Waals surface area contributed by atoms with Gasteiger partial charge in [0, 0.05) is 42.7 Å². The number of piperidine rings is 1. The number of aromatic nitrogens is 3. The van der Waals surface area contributed by atoms with Crippen LogP contribution in [-0.4, -0.2) is 33.9 Å². The second-order valence-electron chi connectivity index (χ2n) is 8.63. The first-order chi connectivity index (χ1) is 16.9. The molecule has 3 heterocycles. The lowest BCUT2D eigenvalue weighted by Crippen LogP contribution is -2.40. The Morgan fingerprint density at radius 2 is 1.77 bits per heavy atom. The molecule has 35 heavy (non-hydrogen) atoms. The van der Waals surface area contributed by atoms with E-state index in [1.165, 1.54) is 12.1 Å². The van der Waals surface area contributed by atoms with E-state index in [9.17, 15) is 9.65 Å². The van der Waals surface area contributed by atoms with E-state index in [4.69, 9.17) is 11.0 Å². The summed E-state index contributed by atoms with van der Waals surface area (Å²) in [4.78, 5) is 6.42. The van der Waals surface area contributed by atoms with Gasteiger partial charge in [-0.05, 0) is 42.7 Å². The van der Waals surface area contributed by atoms with Crippen LogP contribution in [0.4, 0.5) is 14.6 Å². The van der Waals surface area contributed by atoms with E-state index in [2.05, 4.69) is 10.1 Å². The van der Waals surface area contributed by atoms with Gasteiger partial charge in [-0.25, -0.2) is 13.8 Å². The van der Waals surface area contributed by atoms with Gasteiger partial charge in [0.1, 0.15) is 23.5 Å². The van der Waals surface area contributed by atoms with Gasteiger partial charge in [-0.2, -0.15) is 15.6 Å². The standard InChI is InChI=1S/C26H21F2N7/c1-34-22-5-4-15(10-18(22)14-32-34)23-20(13-30)24(28)26(35-8-6-19(31)7-9-35)33-25(23)16-2-3-17(12-29)21(27)11-16/h2-5,10-11,14,19H,6-9,31H2,1H3. The van der Waals surface area contributed by atoms with Crippen molar-refractivity contribution < 1.29 is 8.78 Å². The van der Waals surface area contributed by atoms with Crippen LogP contribution < -0.4 is 10.6 Å². The fraction of sp³-hybridized carbons (Fsp3) is 0.231. The first-order valence-corrected chi connectivity index (χ1v) is 11.2. The van der Waals surface area contributed by atoms with Crippen LogP contribution in [0.3, 0.4) is 0 Å². The average Bonchev–Trinajstić information content (AvgIpc) is 3.24. The van der Waals surface area contributed by atoms with E-state index in [0.717, 1.165) is 10.9 Å². The molecular weight excluding hydrogens is 448 g/mol. The molecule has 0 bridgehead atoms. The minimum absolute atomic E-state index is 0.0299. The monoisotopic (exact) mass is 469 g/mol. The fourth-order valence-electron chi connectivity index (χ4n) is 4.54. The lowest BCUT2D eigenvalue weighted by Gasteiger charge is -2.32. The Hall–Kier alpha value is -4.34. The summed E-state index contributed by atoms with van der Waals surface area (Å²) in [5.41, 5.74) is 8.02. The van der Waals surface area contributed by atoms with Crippen LogP contribution in [0.1, 0.15) is 24.0 Å². The van der Waals surface area contributed by atoms with Crippen LogP contribution in [0, 0.1) is 34.3 Å². The van der Waals surface area contributed by atoms with Gasteiger partial charge in [0.15, 0.2) is 11.6 Å². The summed E-state index contributed by atoms with van der Waals surface area (Å²) in [6.07, 6.45) is 3.02. The molecule has 9 heteroatoms. The van der Waals surface area contributed by atoms with E-state index in [1.54, 1.807) is 34.0 Å². The zero-order valence-electron chi connectivity index (χ0n) is 19.0. The number of nitrogens with zero attached hydrogens (tertiary/aromatic N) is 6. The zero-order chi connectivity index (χ0) is 24.7. The molecule has 0 amide bonds. The molecule has 5 rings (SSSR count). The minimum Gasteiger partial charge on any atom is -0.354 e. The van der Waals surface area contributed by atoms with Gasteiger partial charge in [-0.15, -0.1) is 0 Å². The number of anilines is 1. The smallest absolute Gasteiger partial charge is 0.184 e. The minimum atomic E-state index is -0.720. The Labute approximate surface area is 200 Å². The highest BCUT2D eigenvalue weighted by molar-refractivity contribution is 5.92. The summed E-state index contributed by atoms with van der Waals surface area (Å²) in [6, 6.07) is 13.4.